The van der Waals surface area contributed by atoms with Gasteiger partial charge in [0, 0.05) is 63.1 Å². The molecule has 8 nitrogen and oxygen atoms in total. The number of piperazine rings is 1. The summed E-state index contributed by atoms with van der Waals surface area (Å²) in [6.07, 6.45) is 1.81. The molecule has 1 atom stereocenters. The van der Waals surface area contributed by atoms with Crippen LogP contribution >= 0.6 is 0 Å². The number of aromatic nitrogens is 1. The molecule has 0 unspecified atom stereocenters. The second-order valence-electron chi connectivity index (χ2n) is 9.06. The van der Waals surface area contributed by atoms with Crippen LogP contribution in [0.1, 0.15) is 25.0 Å². The van der Waals surface area contributed by atoms with E-state index < -0.39 is 0 Å². The number of nitrogens with one attached hydrogen (secondary N) is 1. The average molecular weight is 467 g/mol. The lowest BCUT2D eigenvalue weighted by atomic mass is 10.2. The number of hydrazone groups is 1. The monoisotopic (exact) mass is 466 g/mol. The Labute approximate surface area is 203 Å². The van der Waals surface area contributed by atoms with Crippen molar-refractivity contribution in [3.63, 3.8) is 0 Å². The standard InChI is InChI=1S/C26H38N6O2/c1-4-31-9-8-30(20-22(31)3)10-15-34-26-18-24(32-11-13-33-14-12-32)17-25(28-26)29-27-19-23-7-5-6-21(2)16-23/h5-7,16-19,22H,4,8-15,20H2,1-3H3,(H,28,29)/b27-19+/t22-/m0/s1. The molecule has 0 spiro atoms. The van der Waals surface area contributed by atoms with Gasteiger partial charge in [-0.3, -0.25) is 15.2 Å². The van der Waals surface area contributed by atoms with E-state index in [1.54, 1.807) is 0 Å². The Morgan fingerprint density at radius 3 is 2.79 bits per heavy atom. The molecule has 0 aliphatic carbocycles. The highest BCUT2D eigenvalue weighted by Crippen LogP contribution is 2.25. The van der Waals surface area contributed by atoms with Crippen LogP contribution in [0.3, 0.4) is 0 Å². The Morgan fingerprint density at radius 2 is 2.03 bits per heavy atom. The molecule has 2 aliphatic heterocycles. The number of hydrogen-bond acceptors (Lipinski definition) is 8. The van der Waals surface area contributed by atoms with Gasteiger partial charge in [0.25, 0.3) is 0 Å². The second-order valence-corrected chi connectivity index (χ2v) is 9.06. The summed E-state index contributed by atoms with van der Waals surface area (Å²) in [6.45, 7) is 15.7. The van der Waals surface area contributed by atoms with Crippen molar-refractivity contribution in [2.24, 2.45) is 5.10 Å². The summed E-state index contributed by atoms with van der Waals surface area (Å²) >= 11 is 0. The van der Waals surface area contributed by atoms with Crippen LogP contribution in [-0.2, 0) is 4.74 Å². The number of hydrogen-bond donors (Lipinski definition) is 1. The van der Waals surface area contributed by atoms with Gasteiger partial charge in [-0.1, -0.05) is 36.8 Å². The fourth-order valence-corrected chi connectivity index (χ4v) is 4.57. The molecule has 1 aromatic heterocycles. The maximum Gasteiger partial charge on any atom is 0.217 e. The number of aryl methyl sites for hydroxylation is 1. The smallest absolute Gasteiger partial charge is 0.217 e. The van der Waals surface area contributed by atoms with Crippen molar-refractivity contribution in [1.82, 2.24) is 14.8 Å². The van der Waals surface area contributed by atoms with E-state index in [1.807, 2.05) is 30.5 Å². The highest BCUT2D eigenvalue weighted by atomic mass is 16.5. The van der Waals surface area contributed by atoms with Crippen LogP contribution in [0, 0.1) is 6.92 Å². The molecule has 2 aliphatic rings. The van der Waals surface area contributed by atoms with Gasteiger partial charge in [0.15, 0.2) is 5.82 Å². The van der Waals surface area contributed by atoms with Gasteiger partial charge in [0.2, 0.25) is 5.88 Å². The van der Waals surface area contributed by atoms with Crippen LogP contribution in [-0.4, -0.2) is 92.7 Å². The zero-order valence-electron chi connectivity index (χ0n) is 20.7. The van der Waals surface area contributed by atoms with E-state index in [0.29, 0.717) is 24.3 Å². The summed E-state index contributed by atoms with van der Waals surface area (Å²) in [7, 11) is 0. The predicted molar refractivity (Wildman–Crippen MR) is 138 cm³/mol. The molecule has 3 heterocycles. The summed E-state index contributed by atoms with van der Waals surface area (Å²) in [4.78, 5) is 12.0. The van der Waals surface area contributed by atoms with Crippen molar-refractivity contribution >= 4 is 17.7 Å². The molecular formula is C26H38N6O2. The van der Waals surface area contributed by atoms with Gasteiger partial charge in [0.1, 0.15) is 6.61 Å². The van der Waals surface area contributed by atoms with Crippen molar-refractivity contribution in [3.8, 4) is 5.88 Å². The summed E-state index contributed by atoms with van der Waals surface area (Å²) < 4.78 is 11.7. The van der Waals surface area contributed by atoms with Crippen LogP contribution in [0.25, 0.3) is 0 Å². The topological polar surface area (TPSA) is 65.5 Å². The molecule has 0 saturated carbocycles. The minimum Gasteiger partial charge on any atom is -0.476 e. The Hall–Kier alpha value is -2.68. The van der Waals surface area contributed by atoms with Crippen molar-refractivity contribution in [2.75, 3.05) is 76.0 Å². The molecule has 0 radical (unpaired) electrons. The molecular weight excluding hydrogens is 428 g/mol. The zero-order valence-corrected chi connectivity index (χ0v) is 20.7. The molecule has 8 heteroatoms. The average Bonchev–Trinajstić information content (AvgIpc) is 2.85. The molecule has 184 valence electrons. The maximum absolute atomic E-state index is 6.13. The fourth-order valence-electron chi connectivity index (χ4n) is 4.57. The van der Waals surface area contributed by atoms with Crippen LogP contribution in [0.5, 0.6) is 5.88 Å². The first-order valence-electron chi connectivity index (χ1n) is 12.4. The number of likely N-dealkylation sites (N-methyl/N-ethyl adjacent to an activating group) is 1. The molecule has 0 bridgehead atoms. The van der Waals surface area contributed by atoms with Crippen molar-refractivity contribution in [2.45, 2.75) is 26.8 Å². The lowest BCUT2D eigenvalue weighted by molar-refractivity contribution is 0.0776. The number of nitrogens with zero attached hydrogens (tertiary/aromatic N) is 5. The van der Waals surface area contributed by atoms with E-state index in [1.165, 1.54) is 5.56 Å². The SMILES string of the molecule is CCN1CCN(CCOc2cc(N3CCOCC3)cc(N/N=C/c3cccc(C)c3)n2)C[C@@H]1C. The normalized spacial score (nSPS) is 20.1. The third kappa shape index (κ3) is 6.91. The van der Waals surface area contributed by atoms with Crippen LogP contribution in [0.4, 0.5) is 11.5 Å². The highest BCUT2D eigenvalue weighted by Gasteiger charge is 2.22. The summed E-state index contributed by atoms with van der Waals surface area (Å²) in [5.41, 5.74) is 6.42. The molecule has 1 aromatic carbocycles. The Bertz CT molecular complexity index is 947. The van der Waals surface area contributed by atoms with Crippen LogP contribution < -0.4 is 15.1 Å². The fraction of sp³-hybridized carbons (Fsp3) is 0.538. The third-order valence-electron chi connectivity index (χ3n) is 6.51. The van der Waals surface area contributed by atoms with Gasteiger partial charge >= 0.3 is 0 Å². The second kappa shape index (κ2) is 12.1. The number of anilines is 2. The highest BCUT2D eigenvalue weighted by molar-refractivity contribution is 5.80. The first kappa shape index (κ1) is 24.4. The summed E-state index contributed by atoms with van der Waals surface area (Å²) in [6, 6.07) is 12.9. The van der Waals surface area contributed by atoms with Gasteiger partial charge in [0.05, 0.1) is 19.4 Å². The van der Waals surface area contributed by atoms with Crippen LogP contribution in [0.2, 0.25) is 0 Å². The van der Waals surface area contributed by atoms with Crippen molar-refractivity contribution < 1.29 is 9.47 Å². The first-order chi connectivity index (χ1) is 16.6. The molecule has 34 heavy (non-hydrogen) atoms. The molecule has 2 saturated heterocycles. The quantitative estimate of drug-likeness (QED) is 0.450. The van der Waals surface area contributed by atoms with Gasteiger partial charge in [-0.05, 0) is 26.0 Å². The lowest BCUT2D eigenvalue weighted by Crippen LogP contribution is -2.52. The largest absolute Gasteiger partial charge is 0.476 e. The molecule has 1 N–H and O–H groups in total. The third-order valence-corrected chi connectivity index (χ3v) is 6.51. The van der Waals surface area contributed by atoms with E-state index >= 15 is 0 Å². The molecule has 0 amide bonds. The maximum atomic E-state index is 6.13. The summed E-state index contributed by atoms with van der Waals surface area (Å²) in [5, 5.41) is 4.41. The van der Waals surface area contributed by atoms with Crippen molar-refractivity contribution in [3.05, 3.63) is 47.5 Å². The first-order valence-corrected chi connectivity index (χ1v) is 12.4. The van der Waals surface area contributed by atoms with Gasteiger partial charge in [-0.2, -0.15) is 10.1 Å². The van der Waals surface area contributed by atoms with E-state index in [0.717, 1.165) is 70.3 Å². The number of ether oxygens (including phenoxy) is 2. The van der Waals surface area contributed by atoms with Gasteiger partial charge < -0.3 is 14.4 Å². The van der Waals surface area contributed by atoms with E-state index in [9.17, 15) is 0 Å². The zero-order chi connectivity index (χ0) is 23.8. The molecule has 4 rings (SSSR count). The number of morpholine rings is 1. The van der Waals surface area contributed by atoms with Gasteiger partial charge in [-0.15, -0.1) is 0 Å². The Balaban J connectivity index is 1.40. The lowest BCUT2D eigenvalue weighted by Gasteiger charge is -2.39. The molecule has 2 fully saturated rings. The van der Waals surface area contributed by atoms with E-state index in [2.05, 4.69) is 63.1 Å². The number of benzene rings is 1. The number of pyridine rings is 1. The number of rotatable bonds is 9. The minimum absolute atomic E-state index is 0.587. The van der Waals surface area contributed by atoms with Crippen LogP contribution in [0.15, 0.2) is 41.5 Å². The Morgan fingerprint density at radius 1 is 1.18 bits per heavy atom. The summed E-state index contributed by atoms with van der Waals surface area (Å²) in [5.74, 6) is 1.30. The van der Waals surface area contributed by atoms with E-state index in [4.69, 9.17) is 9.47 Å². The van der Waals surface area contributed by atoms with E-state index in [-0.39, 0.29) is 0 Å². The minimum atomic E-state index is 0.587. The van der Waals surface area contributed by atoms with Crippen molar-refractivity contribution in [1.29, 1.82) is 0 Å². The predicted octanol–water partition coefficient (Wildman–Crippen LogP) is 3.08. The molecule has 2 aromatic rings. The Kier molecular flexibility index (Phi) is 8.73. The van der Waals surface area contributed by atoms with Gasteiger partial charge in [-0.25, -0.2) is 0 Å².